The van der Waals surface area contributed by atoms with Gasteiger partial charge < -0.3 is 9.52 Å². The largest absolute Gasteiger partial charge is 0.478 e. The van der Waals surface area contributed by atoms with E-state index in [1.807, 2.05) is 42.5 Å². The minimum absolute atomic E-state index is 0.361. The predicted molar refractivity (Wildman–Crippen MR) is 92.8 cm³/mol. The first-order chi connectivity index (χ1) is 11.6. The molecule has 0 bridgehead atoms. The molecule has 0 spiro atoms. The van der Waals surface area contributed by atoms with Crippen LogP contribution in [0.1, 0.15) is 40.7 Å². The molecule has 1 aliphatic rings. The summed E-state index contributed by atoms with van der Waals surface area (Å²) in [6.45, 7) is 2.14. The molecule has 4 heteroatoms. The summed E-state index contributed by atoms with van der Waals surface area (Å²) in [7, 11) is 0. The van der Waals surface area contributed by atoms with Gasteiger partial charge in [-0.15, -0.1) is 0 Å². The smallest absolute Gasteiger partial charge is 0.336 e. The Labute approximate surface area is 139 Å². The van der Waals surface area contributed by atoms with Crippen LogP contribution in [0.25, 0.3) is 22.6 Å². The summed E-state index contributed by atoms with van der Waals surface area (Å²) in [4.78, 5) is 16.7. The third kappa shape index (κ3) is 2.40. The van der Waals surface area contributed by atoms with Crippen LogP contribution in [-0.4, -0.2) is 16.1 Å². The van der Waals surface area contributed by atoms with Crippen LogP contribution in [0.15, 0.2) is 47.1 Å². The predicted octanol–water partition coefficient (Wildman–Crippen LogP) is 4.65. The van der Waals surface area contributed by atoms with Crippen LogP contribution in [0, 0.1) is 5.92 Å². The highest BCUT2D eigenvalue weighted by atomic mass is 16.4. The second-order valence-corrected chi connectivity index (χ2v) is 6.33. The molecular formula is C20H17NO3. The van der Waals surface area contributed by atoms with Gasteiger partial charge in [0, 0.05) is 5.39 Å². The summed E-state index contributed by atoms with van der Waals surface area (Å²) in [5.74, 6) is 0.230. The van der Waals surface area contributed by atoms with E-state index in [4.69, 9.17) is 9.40 Å². The monoisotopic (exact) mass is 319 g/mol. The molecule has 0 saturated heterocycles. The van der Waals surface area contributed by atoms with E-state index in [2.05, 4.69) is 6.92 Å². The first-order valence-electron chi connectivity index (χ1n) is 8.03. The third-order valence-corrected chi connectivity index (χ3v) is 4.49. The number of hydrogen-bond donors (Lipinski definition) is 1. The van der Waals surface area contributed by atoms with E-state index in [-0.39, 0.29) is 0 Å². The van der Waals surface area contributed by atoms with Gasteiger partial charge in [-0.2, -0.15) is 0 Å². The second-order valence-electron chi connectivity index (χ2n) is 6.33. The summed E-state index contributed by atoms with van der Waals surface area (Å²) in [5.41, 5.74) is 3.76. The number of aromatic carboxylic acids is 1. The van der Waals surface area contributed by atoms with Crippen molar-refractivity contribution in [3.8, 4) is 0 Å². The van der Waals surface area contributed by atoms with Crippen LogP contribution in [0.3, 0.4) is 0 Å². The minimum atomic E-state index is -0.892. The number of para-hydroxylation sites is 1. The van der Waals surface area contributed by atoms with E-state index in [0.717, 1.165) is 35.4 Å². The number of fused-ring (bicyclic) bond motifs is 2. The van der Waals surface area contributed by atoms with Crippen molar-refractivity contribution in [3.05, 3.63) is 65.2 Å². The SMILES string of the molecule is CC1CC(=Cc2ccco2)c2nc3ccccc3c(C(=O)O)c2C1. The first kappa shape index (κ1) is 14.7. The van der Waals surface area contributed by atoms with E-state index in [1.165, 1.54) is 0 Å². The normalized spacial score (nSPS) is 18.7. The number of carboxylic acid groups (broad SMARTS) is 1. The molecule has 0 fully saturated rings. The molecule has 1 N–H and O–H groups in total. The molecule has 0 radical (unpaired) electrons. The van der Waals surface area contributed by atoms with Gasteiger partial charge in [-0.1, -0.05) is 25.1 Å². The average Bonchev–Trinajstić information content (AvgIpc) is 3.05. The van der Waals surface area contributed by atoms with Crippen LogP contribution < -0.4 is 0 Å². The van der Waals surface area contributed by atoms with Crippen LogP contribution in [0.4, 0.5) is 0 Å². The molecule has 1 atom stereocenters. The van der Waals surface area contributed by atoms with E-state index in [1.54, 1.807) is 6.26 Å². The maximum Gasteiger partial charge on any atom is 0.336 e. The van der Waals surface area contributed by atoms with E-state index < -0.39 is 5.97 Å². The second kappa shape index (κ2) is 5.64. The molecule has 2 aromatic heterocycles. The van der Waals surface area contributed by atoms with Gasteiger partial charge in [-0.25, -0.2) is 9.78 Å². The van der Waals surface area contributed by atoms with Gasteiger partial charge >= 0.3 is 5.97 Å². The zero-order valence-electron chi connectivity index (χ0n) is 13.3. The van der Waals surface area contributed by atoms with Crippen molar-refractivity contribution in [1.29, 1.82) is 0 Å². The molecule has 1 aliphatic carbocycles. The summed E-state index contributed by atoms with van der Waals surface area (Å²) < 4.78 is 5.43. The van der Waals surface area contributed by atoms with Crippen LogP contribution in [0.5, 0.6) is 0 Å². The van der Waals surface area contributed by atoms with Crippen molar-refractivity contribution in [1.82, 2.24) is 4.98 Å². The lowest BCUT2D eigenvalue weighted by atomic mass is 9.81. The molecule has 2 heterocycles. The number of carboxylic acids is 1. The minimum Gasteiger partial charge on any atom is -0.478 e. The summed E-state index contributed by atoms with van der Waals surface area (Å²) >= 11 is 0. The topological polar surface area (TPSA) is 63.3 Å². The van der Waals surface area contributed by atoms with Crippen molar-refractivity contribution < 1.29 is 14.3 Å². The first-order valence-corrected chi connectivity index (χ1v) is 8.03. The Kier molecular flexibility index (Phi) is 3.45. The number of carbonyl (C=O) groups is 1. The van der Waals surface area contributed by atoms with Gasteiger partial charge in [0.2, 0.25) is 0 Å². The lowest BCUT2D eigenvalue weighted by Crippen LogP contribution is -2.17. The van der Waals surface area contributed by atoms with Gasteiger partial charge in [0.15, 0.2) is 0 Å². The molecule has 0 aliphatic heterocycles. The number of hydrogen-bond acceptors (Lipinski definition) is 3. The molecule has 24 heavy (non-hydrogen) atoms. The van der Waals surface area contributed by atoms with Gasteiger partial charge in [-0.3, -0.25) is 0 Å². The standard InChI is InChI=1S/C20H17NO3/c1-12-9-13(11-14-5-4-8-24-14)19-16(10-12)18(20(22)23)15-6-2-3-7-17(15)21-19/h2-8,11-12H,9-10H2,1H3,(H,22,23). The van der Waals surface area contributed by atoms with E-state index >= 15 is 0 Å². The van der Waals surface area contributed by atoms with Crippen LogP contribution >= 0.6 is 0 Å². The zero-order chi connectivity index (χ0) is 16.7. The number of furan rings is 1. The van der Waals surface area contributed by atoms with Crippen molar-refractivity contribution in [2.75, 3.05) is 0 Å². The van der Waals surface area contributed by atoms with Crippen LogP contribution in [0.2, 0.25) is 0 Å². The highest BCUT2D eigenvalue weighted by molar-refractivity contribution is 6.05. The Morgan fingerprint density at radius 1 is 1.25 bits per heavy atom. The molecule has 4 rings (SSSR count). The van der Waals surface area contributed by atoms with Gasteiger partial charge in [0.25, 0.3) is 0 Å². The maximum atomic E-state index is 12.0. The number of benzene rings is 1. The summed E-state index contributed by atoms with van der Waals surface area (Å²) in [6.07, 6.45) is 5.19. The summed E-state index contributed by atoms with van der Waals surface area (Å²) in [5, 5.41) is 10.5. The van der Waals surface area contributed by atoms with Crippen molar-refractivity contribution in [2.24, 2.45) is 5.92 Å². The molecule has 1 aromatic carbocycles. The van der Waals surface area contributed by atoms with Crippen LogP contribution in [-0.2, 0) is 6.42 Å². The highest BCUT2D eigenvalue weighted by Gasteiger charge is 2.27. The lowest BCUT2D eigenvalue weighted by molar-refractivity contribution is 0.0697. The fourth-order valence-corrected chi connectivity index (χ4v) is 3.53. The molecule has 0 amide bonds. The van der Waals surface area contributed by atoms with E-state index in [9.17, 15) is 9.90 Å². The molecule has 120 valence electrons. The van der Waals surface area contributed by atoms with Crippen molar-refractivity contribution in [2.45, 2.75) is 19.8 Å². The Balaban J connectivity index is 2.02. The number of aromatic nitrogens is 1. The van der Waals surface area contributed by atoms with Crippen molar-refractivity contribution in [3.63, 3.8) is 0 Å². The number of rotatable bonds is 2. The average molecular weight is 319 g/mol. The molecular weight excluding hydrogens is 302 g/mol. The maximum absolute atomic E-state index is 12.0. The molecule has 4 nitrogen and oxygen atoms in total. The number of pyridine rings is 1. The molecule has 3 aromatic rings. The fourth-order valence-electron chi connectivity index (χ4n) is 3.53. The Morgan fingerprint density at radius 2 is 2.08 bits per heavy atom. The fraction of sp³-hybridized carbons (Fsp3) is 0.200. The quantitative estimate of drug-likeness (QED) is 0.747. The number of allylic oxidation sites excluding steroid dienone is 1. The lowest BCUT2D eigenvalue weighted by Gasteiger charge is -2.25. The highest BCUT2D eigenvalue weighted by Crippen LogP contribution is 2.38. The number of nitrogens with zero attached hydrogens (tertiary/aromatic N) is 1. The summed E-state index contributed by atoms with van der Waals surface area (Å²) in [6, 6.07) is 11.2. The van der Waals surface area contributed by atoms with Gasteiger partial charge in [0.05, 0.1) is 23.0 Å². The van der Waals surface area contributed by atoms with Gasteiger partial charge in [-0.05, 0) is 54.2 Å². The molecule has 0 saturated carbocycles. The zero-order valence-corrected chi connectivity index (χ0v) is 13.3. The Morgan fingerprint density at radius 3 is 2.83 bits per heavy atom. The Hall–Kier alpha value is -2.88. The van der Waals surface area contributed by atoms with E-state index in [0.29, 0.717) is 22.4 Å². The third-order valence-electron chi connectivity index (χ3n) is 4.49. The van der Waals surface area contributed by atoms with Crippen molar-refractivity contribution >= 4 is 28.5 Å². The Bertz CT molecular complexity index is 954. The molecule has 1 unspecified atom stereocenters. The van der Waals surface area contributed by atoms with Gasteiger partial charge in [0.1, 0.15) is 5.76 Å².